The van der Waals surface area contributed by atoms with Gasteiger partial charge >= 0.3 is 0 Å². The zero-order valence-electron chi connectivity index (χ0n) is 12.0. The van der Waals surface area contributed by atoms with Crippen LogP contribution in [-0.2, 0) is 6.54 Å². The van der Waals surface area contributed by atoms with E-state index in [1.54, 1.807) is 23.6 Å². The lowest BCUT2D eigenvalue weighted by atomic mass is 10.0. The van der Waals surface area contributed by atoms with E-state index < -0.39 is 0 Å². The van der Waals surface area contributed by atoms with Crippen molar-refractivity contribution in [3.8, 4) is 5.75 Å². The molecule has 5 nitrogen and oxygen atoms in total. The lowest BCUT2D eigenvalue weighted by molar-refractivity contribution is 0.138. The summed E-state index contributed by atoms with van der Waals surface area (Å²) in [6.45, 7) is 1.78. The predicted octanol–water partition coefficient (Wildman–Crippen LogP) is 2.57. The fourth-order valence-electron chi connectivity index (χ4n) is 2.83. The first-order valence-electron chi connectivity index (χ1n) is 7.17. The van der Waals surface area contributed by atoms with E-state index in [0.29, 0.717) is 11.8 Å². The molecule has 1 atom stereocenters. The number of piperidine rings is 1. The molecule has 0 aromatic carbocycles. The Bertz CT molecular complexity index is 639. The minimum Gasteiger partial charge on any atom is -0.491 e. The topological polar surface area (TPSA) is 58.2 Å². The van der Waals surface area contributed by atoms with E-state index in [4.69, 9.17) is 4.74 Å². The van der Waals surface area contributed by atoms with Gasteiger partial charge in [-0.15, -0.1) is 11.3 Å². The zero-order chi connectivity index (χ0) is 14.7. The van der Waals surface area contributed by atoms with Gasteiger partial charge in [0.1, 0.15) is 5.01 Å². The quantitative estimate of drug-likeness (QED) is 0.943. The number of aromatic amines is 1. The molecule has 6 heteroatoms. The second-order valence-corrected chi connectivity index (χ2v) is 6.17. The Morgan fingerprint density at radius 3 is 3.14 bits per heavy atom. The molecule has 0 amide bonds. The van der Waals surface area contributed by atoms with Crippen molar-refractivity contribution in [3.05, 3.63) is 44.8 Å². The summed E-state index contributed by atoms with van der Waals surface area (Å²) in [4.78, 5) is 21.9. The molecule has 0 aliphatic carbocycles. The van der Waals surface area contributed by atoms with Crippen molar-refractivity contribution >= 4 is 11.3 Å². The largest absolute Gasteiger partial charge is 0.491 e. The van der Waals surface area contributed by atoms with E-state index in [9.17, 15) is 4.79 Å². The van der Waals surface area contributed by atoms with E-state index in [2.05, 4.69) is 14.9 Å². The number of likely N-dealkylation sites (tertiary alicyclic amines) is 1. The van der Waals surface area contributed by atoms with Gasteiger partial charge in [-0.3, -0.25) is 9.69 Å². The Hall–Kier alpha value is -1.66. The fourth-order valence-corrected chi connectivity index (χ4v) is 3.64. The summed E-state index contributed by atoms with van der Waals surface area (Å²) in [5.41, 5.74) is 0.846. The second kappa shape index (κ2) is 6.41. The van der Waals surface area contributed by atoms with Crippen LogP contribution in [0.2, 0.25) is 0 Å². The minimum atomic E-state index is -0.0749. The fraction of sp³-hybridized carbons (Fsp3) is 0.467. The molecule has 0 saturated carbocycles. The Morgan fingerprint density at radius 2 is 2.43 bits per heavy atom. The molecule has 2 aromatic heterocycles. The third-order valence-corrected chi connectivity index (χ3v) is 4.76. The highest BCUT2D eigenvalue weighted by Gasteiger charge is 2.26. The maximum absolute atomic E-state index is 11.8. The van der Waals surface area contributed by atoms with Crippen LogP contribution in [0.1, 0.15) is 36.0 Å². The molecule has 0 radical (unpaired) electrons. The number of nitrogens with one attached hydrogen (secondary N) is 1. The van der Waals surface area contributed by atoms with Gasteiger partial charge in [0, 0.05) is 36.1 Å². The average Bonchev–Trinajstić information content (AvgIpc) is 3.02. The average molecular weight is 305 g/mol. The molecule has 0 spiro atoms. The summed E-state index contributed by atoms with van der Waals surface area (Å²) in [6.07, 6.45) is 7.07. The molecule has 1 fully saturated rings. The van der Waals surface area contributed by atoms with Crippen LogP contribution in [0.25, 0.3) is 0 Å². The maximum Gasteiger partial charge on any atom is 0.223 e. The van der Waals surface area contributed by atoms with Crippen LogP contribution in [0, 0.1) is 0 Å². The normalized spacial score (nSPS) is 19.6. The van der Waals surface area contributed by atoms with Crippen molar-refractivity contribution in [2.45, 2.75) is 31.8 Å². The molecule has 1 aliphatic heterocycles. The van der Waals surface area contributed by atoms with Crippen LogP contribution in [-0.4, -0.2) is 28.5 Å². The van der Waals surface area contributed by atoms with Gasteiger partial charge in [0.05, 0.1) is 13.2 Å². The van der Waals surface area contributed by atoms with E-state index >= 15 is 0 Å². The van der Waals surface area contributed by atoms with Gasteiger partial charge in [-0.25, -0.2) is 4.98 Å². The number of aromatic nitrogens is 2. The number of H-pyrrole nitrogens is 1. The SMILES string of the molecule is COc1c[nH]c(CN2CCCC[C@H]2c2nccs2)cc1=O. The predicted molar refractivity (Wildman–Crippen MR) is 82.7 cm³/mol. The minimum absolute atomic E-state index is 0.0749. The number of pyridine rings is 1. The molecule has 1 N–H and O–H groups in total. The highest BCUT2D eigenvalue weighted by molar-refractivity contribution is 7.09. The van der Waals surface area contributed by atoms with Crippen molar-refractivity contribution in [1.82, 2.24) is 14.9 Å². The summed E-state index contributed by atoms with van der Waals surface area (Å²) >= 11 is 1.71. The van der Waals surface area contributed by atoms with Gasteiger partial charge in [0.25, 0.3) is 0 Å². The molecule has 3 rings (SSSR count). The number of hydrogen-bond donors (Lipinski definition) is 1. The van der Waals surface area contributed by atoms with E-state index in [1.807, 2.05) is 11.6 Å². The van der Waals surface area contributed by atoms with Crippen molar-refractivity contribution < 1.29 is 4.74 Å². The Balaban J connectivity index is 1.78. The van der Waals surface area contributed by atoms with Gasteiger partial charge in [0.2, 0.25) is 5.43 Å². The molecule has 0 unspecified atom stereocenters. The van der Waals surface area contributed by atoms with Crippen molar-refractivity contribution in [2.75, 3.05) is 13.7 Å². The second-order valence-electron chi connectivity index (χ2n) is 5.24. The zero-order valence-corrected chi connectivity index (χ0v) is 12.9. The lowest BCUT2D eigenvalue weighted by Crippen LogP contribution is -2.33. The maximum atomic E-state index is 11.8. The first-order valence-corrected chi connectivity index (χ1v) is 8.05. The summed E-state index contributed by atoms with van der Waals surface area (Å²) < 4.78 is 5.00. The number of methoxy groups -OCH3 is 1. The van der Waals surface area contributed by atoms with Crippen molar-refractivity contribution in [2.24, 2.45) is 0 Å². The summed E-state index contributed by atoms with van der Waals surface area (Å²) in [5.74, 6) is 0.355. The van der Waals surface area contributed by atoms with Gasteiger partial charge in [-0.05, 0) is 19.4 Å². The smallest absolute Gasteiger partial charge is 0.223 e. The molecule has 2 aromatic rings. The summed E-state index contributed by atoms with van der Waals surface area (Å²) in [6, 6.07) is 2.00. The first kappa shape index (κ1) is 14.3. The van der Waals surface area contributed by atoms with E-state index in [-0.39, 0.29) is 5.43 Å². The molecule has 1 aliphatic rings. The van der Waals surface area contributed by atoms with Gasteiger partial charge in [-0.1, -0.05) is 6.42 Å². The Morgan fingerprint density at radius 1 is 1.52 bits per heavy atom. The molecule has 3 heterocycles. The molecule has 0 bridgehead atoms. The Kier molecular flexibility index (Phi) is 4.36. The van der Waals surface area contributed by atoms with Crippen LogP contribution in [0.3, 0.4) is 0 Å². The lowest BCUT2D eigenvalue weighted by Gasteiger charge is -2.34. The highest BCUT2D eigenvalue weighted by Crippen LogP contribution is 2.32. The van der Waals surface area contributed by atoms with Crippen LogP contribution < -0.4 is 10.2 Å². The summed E-state index contributed by atoms with van der Waals surface area (Å²) in [5, 5.41) is 3.20. The van der Waals surface area contributed by atoms with Gasteiger partial charge in [0.15, 0.2) is 5.75 Å². The Labute approximate surface area is 127 Å². The third-order valence-electron chi connectivity index (χ3n) is 3.88. The molecule has 21 heavy (non-hydrogen) atoms. The van der Waals surface area contributed by atoms with Crippen LogP contribution in [0.5, 0.6) is 5.75 Å². The van der Waals surface area contributed by atoms with Gasteiger partial charge in [-0.2, -0.15) is 0 Å². The highest BCUT2D eigenvalue weighted by atomic mass is 32.1. The van der Waals surface area contributed by atoms with Crippen LogP contribution in [0.15, 0.2) is 28.6 Å². The molecular weight excluding hydrogens is 286 g/mol. The molecule has 1 saturated heterocycles. The van der Waals surface area contributed by atoms with Crippen LogP contribution in [0.4, 0.5) is 0 Å². The summed E-state index contributed by atoms with van der Waals surface area (Å²) in [7, 11) is 1.51. The van der Waals surface area contributed by atoms with Crippen molar-refractivity contribution in [1.29, 1.82) is 0 Å². The van der Waals surface area contributed by atoms with E-state index in [1.165, 1.54) is 25.0 Å². The van der Waals surface area contributed by atoms with Gasteiger partial charge < -0.3 is 9.72 Å². The van der Waals surface area contributed by atoms with Crippen molar-refractivity contribution in [3.63, 3.8) is 0 Å². The molecule has 112 valence electrons. The number of ether oxygens (including phenoxy) is 1. The van der Waals surface area contributed by atoms with E-state index in [0.717, 1.165) is 25.2 Å². The standard InChI is InChI=1S/C15H19N3O2S/c1-20-14-9-17-11(8-13(14)19)10-18-6-3-2-4-12(18)15-16-5-7-21-15/h5,7-9,12H,2-4,6,10H2,1H3,(H,17,19)/t12-/m0/s1. The first-order chi connectivity index (χ1) is 10.3. The number of thiazole rings is 1. The number of hydrogen-bond acceptors (Lipinski definition) is 5. The van der Waals surface area contributed by atoms with Crippen LogP contribution >= 0.6 is 11.3 Å². The number of nitrogens with zero attached hydrogens (tertiary/aromatic N) is 2. The monoisotopic (exact) mass is 305 g/mol. The molecular formula is C15H19N3O2S. The third kappa shape index (κ3) is 3.16. The number of rotatable bonds is 4.